The third kappa shape index (κ3) is 2.38. The first-order valence-electron chi connectivity index (χ1n) is 6.88. The minimum atomic E-state index is 0.140. The molecular formula is C17H14N4O2. The van der Waals surface area contributed by atoms with Crippen molar-refractivity contribution in [2.24, 2.45) is 0 Å². The fourth-order valence-electron chi connectivity index (χ4n) is 2.44. The van der Waals surface area contributed by atoms with E-state index in [0.29, 0.717) is 28.1 Å². The van der Waals surface area contributed by atoms with Crippen molar-refractivity contribution in [3.8, 4) is 23.3 Å². The maximum Gasteiger partial charge on any atom is 0.219 e. The lowest BCUT2D eigenvalue weighted by Gasteiger charge is -2.13. The Morgan fingerprint density at radius 3 is 2.35 bits per heavy atom. The fourth-order valence-corrected chi connectivity index (χ4v) is 2.44. The van der Waals surface area contributed by atoms with Crippen LogP contribution in [0.25, 0.3) is 16.6 Å². The Morgan fingerprint density at radius 1 is 1.09 bits per heavy atom. The molecule has 0 saturated heterocycles. The van der Waals surface area contributed by atoms with Crippen molar-refractivity contribution in [1.82, 2.24) is 9.55 Å². The molecule has 0 atom stereocenters. The van der Waals surface area contributed by atoms with Gasteiger partial charge in [-0.15, -0.1) is 0 Å². The molecule has 0 aliphatic carbocycles. The van der Waals surface area contributed by atoms with Gasteiger partial charge in [-0.1, -0.05) is 18.2 Å². The molecule has 0 spiro atoms. The minimum absolute atomic E-state index is 0.140. The van der Waals surface area contributed by atoms with Crippen LogP contribution in [0.4, 0.5) is 0 Å². The van der Waals surface area contributed by atoms with E-state index in [1.807, 2.05) is 30.3 Å². The molecular weight excluding hydrogens is 292 g/mol. The number of fused-ring (bicyclic) bond motifs is 1. The maximum atomic E-state index is 9.42. The molecule has 23 heavy (non-hydrogen) atoms. The zero-order valence-corrected chi connectivity index (χ0v) is 12.7. The van der Waals surface area contributed by atoms with Crippen molar-refractivity contribution in [1.29, 1.82) is 10.7 Å². The summed E-state index contributed by atoms with van der Waals surface area (Å²) in [5.74, 6) is 1.16. The van der Waals surface area contributed by atoms with Crippen LogP contribution in [0.15, 0.2) is 42.5 Å². The molecule has 6 heteroatoms. The van der Waals surface area contributed by atoms with E-state index < -0.39 is 0 Å². The highest BCUT2D eigenvalue weighted by atomic mass is 16.5. The predicted octanol–water partition coefficient (Wildman–Crippen LogP) is 2.39. The third-order valence-corrected chi connectivity index (χ3v) is 3.53. The number of benzene rings is 2. The molecule has 1 heterocycles. The van der Waals surface area contributed by atoms with Crippen LogP contribution >= 0.6 is 0 Å². The molecule has 0 unspecified atom stereocenters. The van der Waals surface area contributed by atoms with E-state index in [2.05, 4.69) is 11.1 Å². The van der Waals surface area contributed by atoms with Crippen molar-refractivity contribution in [2.45, 2.75) is 0 Å². The van der Waals surface area contributed by atoms with E-state index >= 15 is 0 Å². The molecule has 3 rings (SSSR count). The first-order chi connectivity index (χ1) is 11.2. The van der Waals surface area contributed by atoms with Crippen molar-refractivity contribution >= 4 is 10.9 Å². The topological polar surface area (TPSA) is 83.9 Å². The Morgan fingerprint density at radius 2 is 1.74 bits per heavy atom. The molecule has 0 radical (unpaired) electrons. The van der Waals surface area contributed by atoms with Crippen LogP contribution < -0.4 is 15.0 Å². The number of nitriles is 1. The van der Waals surface area contributed by atoms with Gasteiger partial charge >= 0.3 is 0 Å². The van der Waals surface area contributed by atoms with Crippen LogP contribution in [0, 0.1) is 16.7 Å². The Bertz CT molecular complexity index is 972. The Kier molecular flexibility index (Phi) is 3.69. The molecule has 0 bridgehead atoms. The molecule has 0 aliphatic rings. The second-order valence-electron chi connectivity index (χ2n) is 4.79. The molecule has 0 fully saturated rings. The first-order valence-corrected chi connectivity index (χ1v) is 6.88. The number of nitrogens with one attached hydrogen (secondary N) is 1. The van der Waals surface area contributed by atoms with E-state index in [1.165, 1.54) is 18.8 Å². The molecule has 0 saturated carbocycles. The molecule has 114 valence electrons. The molecule has 1 N–H and O–H groups in total. The van der Waals surface area contributed by atoms with Crippen LogP contribution in [-0.2, 0) is 0 Å². The smallest absolute Gasteiger partial charge is 0.219 e. The van der Waals surface area contributed by atoms with Gasteiger partial charge in [-0.2, -0.15) is 5.26 Å². The summed E-state index contributed by atoms with van der Waals surface area (Å²) >= 11 is 0. The van der Waals surface area contributed by atoms with Gasteiger partial charge in [-0.25, -0.2) is 4.98 Å². The lowest BCUT2D eigenvalue weighted by Crippen LogP contribution is -2.23. The number of hydrogen-bond acceptors (Lipinski definition) is 5. The summed E-state index contributed by atoms with van der Waals surface area (Å²) in [4.78, 5) is 4.36. The quantitative estimate of drug-likeness (QED) is 0.805. The number of hydrogen-bond donors (Lipinski definition) is 1. The number of aromatic nitrogens is 2. The number of ether oxygens (including phenoxy) is 2. The van der Waals surface area contributed by atoms with Gasteiger partial charge in [0, 0.05) is 17.1 Å². The Balaban J connectivity index is 2.41. The van der Waals surface area contributed by atoms with Gasteiger partial charge in [0.2, 0.25) is 5.82 Å². The van der Waals surface area contributed by atoms with Crippen molar-refractivity contribution in [2.75, 3.05) is 14.2 Å². The van der Waals surface area contributed by atoms with Gasteiger partial charge in [-0.3, -0.25) is 9.98 Å². The van der Waals surface area contributed by atoms with E-state index in [-0.39, 0.29) is 11.3 Å². The highest BCUT2D eigenvalue weighted by Crippen LogP contribution is 2.30. The number of rotatable bonds is 3. The second kappa shape index (κ2) is 5.81. The van der Waals surface area contributed by atoms with Gasteiger partial charge in [0.15, 0.2) is 11.5 Å². The van der Waals surface area contributed by atoms with Crippen LogP contribution in [0.3, 0.4) is 0 Å². The summed E-state index contributed by atoms with van der Waals surface area (Å²) in [5, 5.41) is 18.5. The summed E-state index contributed by atoms with van der Waals surface area (Å²) in [6.07, 6.45) is 0. The normalized spacial score (nSPS) is 10.3. The molecule has 1 aromatic heterocycles. The summed E-state index contributed by atoms with van der Waals surface area (Å²) in [5.41, 5.74) is 1.38. The monoisotopic (exact) mass is 306 g/mol. The summed E-state index contributed by atoms with van der Waals surface area (Å²) in [7, 11) is 3.07. The third-order valence-electron chi connectivity index (χ3n) is 3.53. The average molecular weight is 306 g/mol. The van der Waals surface area contributed by atoms with Gasteiger partial charge in [0.25, 0.3) is 0 Å². The Labute approximate surface area is 132 Å². The Hall–Kier alpha value is -3.33. The number of methoxy groups -OCH3 is 2. The summed E-state index contributed by atoms with van der Waals surface area (Å²) < 4.78 is 12.1. The fraction of sp³-hybridized carbons (Fsp3) is 0.118. The summed E-state index contributed by atoms with van der Waals surface area (Å²) in [6.45, 7) is 0. The number of para-hydroxylation sites is 1. The second-order valence-corrected chi connectivity index (χ2v) is 4.79. The molecule has 0 aliphatic heterocycles. The van der Waals surface area contributed by atoms with Gasteiger partial charge in [-0.05, 0) is 18.2 Å². The van der Waals surface area contributed by atoms with Gasteiger partial charge in [0.1, 0.15) is 11.6 Å². The minimum Gasteiger partial charge on any atom is -0.493 e. The highest BCUT2D eigenvalue weighted by molar-refractivity contribution is 5.82. The van der Waals surface area contributed by atoms with E-state index in [1.54, 1.807) is 12.1 Å². The van der Waals surface area contributed by atoms with Gasteiger partial charge < -0.3 is 9.47 Å². The summed E-state index contributed by atoms with van der Waals surface area (Å²) in [6, 6.07) is 14.6. The van der Waals surface area contributed by atoms with Crippen LogP contribution in [0.1, 0.15) is 5.82 Å². The average Bonchev–Trinajstić information content (AvgIpc) is 2.61. The zero-order valence-electron chi connectivity index (χ0n) is 12.7. The lowest BCUT2D eigenvalue weighted by atomic mass is 10.2. The number of nitrogens with zero attached hydrogens (tertiary/aromatic N) is 3. The van der Waals surface area contributed by atoms with Crippen LogP contribution in [0.2, 0.25) is 0 Å². The molecule has 3 aromatic rings. The zero-order chi connectivity index (χ0) is 16.4. The first kappa shape index (κ1) is 14.6. The van der Waals surface area contributed by atoms with Crippen molar-refractivity contribution < 1.29 is 9.47 Å². The van der Waals surface area contributed by atoms with Crippen LogP contribution in [-0.4, -0.2) is 23.8 Å². The molecule has 0 amide bonds. The molecule has 6 nitrogen and oxygen atoms in total. The maximum absolute atomic E-state index is 9.42. The highest BCUT2D eigenvalue weighted by Gasteiger charge is 2.14. The largest absolute Gasteiger partial charge is 0.493 e. The van der Waals surface area contributed by atoms with Crippen molar-refractivity contribution in [3.63, 3.8) is 0 Å². The van der Waals surface area contributed by atoms with Crippen molar-refractivity contribution in [3.05, 3.63) is 53.8 Å². The van der Waals surface area contributed by atoms with Gasteiger partial charge in [0.05, 0.1) is 19.7 Å². The lowest BCUT2D eigenvalue weighted by molar-refractivity contribution is 0.355. The van der Waals surface area contributed by atoms with E-state index in [4.69, 9.17) is 14.9 Å². The predicted molar refractivity (Wildman–Crippen MR) is 84.7 cm³/mol. The standard InChI is InChI=1S/C17H14N4O2/c1-22-14-8-12-13(9-15(14)23-2)20-16(10-18)21(17(12)19)11-6-4-3-5-7-11/h3-9,19H,1-2H3. The molecule has 2 aromatic carbocycles. The van der Waals surface area contributed by atoms with E-state index in [0.717, 1.165) is 0 Å². The van der Waals surface area contributed by atoms with E-state index in [9.17, 15) is 5.26 Å². The SMILES string of the molecule is COc1cc2nc(C#N)n(-c3ccccc3)c(=N)c2cc1OC. The van der Waals surface area contributed by atoms with Crippen LogP contribution in [0.5, 0.6) is 11.5 Å².